The van der Waals surface area contributed by atoms with Crippen LogP contribution in [0.3, 0.4) is 0 Å². The van der Waals surface area contributed by atoms with E-state index in [1.54, 1.807) is 0 Å². The second-order valence-electron chi connectivity index (χ2n) is 4.13. The Morgan fingerprint density at radius 2 is 2.10 bits per heavy atom. The van der Waals surface area contributed by atoms with Gasteiger partial charge < -0.3 is 10.4 Å². The van der Waals surface area contributed by atoms with Crippen molar-refractivity contribution in [3.63, 3.8) is 0 Å². The number of amides is 1. The van der Waals surface area contributed by atoms with Crippen molar-refractivity contribution in [3.8, 4) is 0 Å². The number of halogens is 2. The Labute approximate surface area is 124 Å². The first-order chi connectivity index (χ1) is 9.99. The van der Waals surface area contributed by atoms with Gasteiger partial charge in [-0.2, -0.15) is 0 Å². The van der Waals surface area contributed by atoms with E-state index < -0.39 is 17.7 Å². The van der Waals surface area contributed by atoms with Crippen LogP contribution < -0.4 is 5.32 Å². The normalized spacial score (nSPS) is 10.2. The number of hydrogen-bond acceptors (Lipinski definition) is 3. The van der Waals surface area contributed by atoms with Gasteiger partial charge in [0.05, 0.1) is 28.4 Å². The summed E-state index contributed by atoms with van der Waals surface area (Å²) in [5.41, 5.74) is 0.228. The molecule has 1 amide bonds. The van der Waals surface area contributed by atoms with Crippen molar-refractivity contribution in [1.29, 1.82) is 0 Å². The van der Waals surface area contributed by atoms with Gasteiger partial charge in [0.15, 0.2) is 5.82 Å². The minimum atomic E-state index is -1.09. The first-order valence-corrected chi connectivity index (χ1v) is 6.27. The van der Waals surface area contributed by atoms with Crippen molar-refractivity contribution in [2.45, 2.75) is 6.54 Å². The third-order valence-corrected chi connectivity index (χ3v) is 2.98. The first kappa shape index (κ1) is 14.9. The lowest BCUT2D eigenvalue weighted by atomic mass is 10.2. The van der Waals surface area contributed by atoms with Gasteiger partial charge in [-0.05, 0) is 24.3 Å². The molecule has 21 heavy (non-hydrogen) atoms. The van der Waals surface area contributed by atoms with Gasteiger partial charge in [-0.25, -0.2) is 9.18 Å². The molecule has 108 valence electrons. The molecular formula is C14H10ClFN2O3. The molecule has 0 unspecified atom stereocenters. The Balaban J connectivity index is 2.09. The van der Waals surface area contributed by atoms with Crippen molar-refractivity contribution in [2.75, 3.05) is 0 Å². The van der Waals surface area contributed by atoms with Crippen LogP contribution in [0.1, 0.15) is 26.4 Å². The van der Waals surface area contributed by atoms with Gasteiger partial charge in [-0.3, -0.25) is 9.78 Å². The van der Waals surface area contributed by atoms with E-state index in [4.69, 9.17) is 16.7 Å². The van der Waals surface area contributed by atoms with Crippen molar-refractivity contribution < 1.29 is 19.1 Å². The number of nitrogens with zero attached hydrogens (tertiary/aromatic N) is 1. The third-order valence-electron chi connectivity index (χ3n) is 2.69. The van der Waals surface area contributed by atoms with E-state index in [1.165, 1.54) is 36.5 Å². The summed E-state index contributed by atoms with van der Waals surface area (Å²) in [4.78, 5) is 26.6. The number of aromatic nitrogens is 1. The minimum absolute atomic E-state index is 0.0219. The maximum absolute atomic E-state index is 13.7. The van der Waals surface area contributed by atoms with E-state index in [9.17, 15) is 14.0 Å². The van der Waals surface area contributed by atoms with Crippen molar-refractivity contribution in [1.82, 2.24) is 10.3 Å². The molecule has 0 aliphatic heterocycles. The predicted octanol–water partition coefficient (Wildman–Crippen LogP) is 2.50. The highest BCUT2D eigenvalue weighted by Crippen LogP contribution is 2.17. The average molecular weight is 309 g/mol. The van der Waals surface area contributed by atoms with Crippen LogP contribution >= 0.6 is 11.6 Å². The van der Waals surface area contributed by atoms with Gasteiger partial charge in [0.1, 0.15) is 0 Å². The number of carboxylic acid groups (broad SMARTS) is 1. The number of benzene rings is 1. The van der Waals surface area contributed by atoms with E-state index >= 15 is 0 Å². The summed E-state index contributed by atoms with van der Waals surface area (Å²) in [7, 11) is 0. The standard InChI is InChI=1S/C14H10ClFN2O3/c15-11-3-1-2-10(12(11)16)13(19)18-7-9-6-8(14(20)21)4-5-17-9/h1-6H,7H2,(H,18,19)(H,20,21). The quantitative estimate of drug-likeness (QED) is 0.909. The molecule has 1 aromatic heterocycles. The molecule has 0 bridgehead atoms. The largest absolute Gasteiger partial charge is 0.478 e. The summed E-state index contributed by atoms with van der Waals surface area (Å²) in [5.74, 6) is -2.55. The lowest BCUT2D eigenvalue weighted by molar-refractivity contribution is 0.0696. The second-order valence-corrected chi connectivity index (χ2v) is 4.53. The molecule has 5 nitrogen and oxygen atoms in total. The van der Waals surface area contributed by atoms with E-state index in [0.29, 0.717) is 5.69 Å². The van der Waals surface area contributed by atoms with E-state index in [1.807, 2.05) is 0 Å². The van der Waals surface area contributed by atoms with Gasteiger partial charge >= 0.3 is 5.97 Å². The highest BCUT2D eigenvalue weighted by molar-refractivity contribution is 6.31. The van der Waals surface area contributed by atoms with Crippen LogP contribution in [0.15, 0.2) is 36.5 Å². The number of carbonyl (C=O) groups is 2. The van der Waals surface area contributed by atoms with Gasteiger partial charge in [0.2, 0.25) is 0 Å². The highest BCUT2D eigenvalue weighted by Gasteiger charge is 2.14. The summed E-state index contributed by atoms with van der Waals surface area (Å²) in [6.07, 6.45) is 1.32. The molecule has 2 N–H and O–H groups in total. The van der Waals surface area contributed by atoms with Gasteiger partial charge in [0.25, 0.3) is 5.91 Å². The smallest absolute Gasteiger partial charge is 0.335 e. The molecule has 1 heterocycles. The maximum atomic E-state index is 13.7. The topological polar surface area (TPSA) is 79.3 Å². The van der Waals surface area contributed by atoms with E-state index in [2.05, 4.69) is 10.3 Å². The van der Waals surface area contributed by atoms with Crippen LogP contribution in [0.4, 0.5) is 4.39 Å². The molecule has 2 aromatic rings. The van der Waals surface area contributed by atoms with Crippen LogP contribution in [0.5, 0.6) is 0 Å². The number of carbonyl (C=O) groups excluding carboxylic acids is 1. The van der Waals surface area contributed by atoms with Gasteiger partial charge in [-0.1, -0.05) is 17.7 Å². The van der Waals surface area contributed by atoms with Gasteiger partial charge in [-0.15, -0.1) is 0 Å². The highest BCUT2D eigenvalue weighted by atomic mass is 35.5. The summed E-state index contributed by atoms with van der Waals surface area (Å²) in [5, 5.41) is 11.2. The Bertz CT molecular complexity index is 706. The number of nitrogens with one attached hydrogen (secondary N) is 1. The zero-order valence-corrected chi connectivity index (χ0v) is 11.4. The van der Waals surface area contributed by atoms with Crippen molar-refractivity contribution in [3.05, 3.63) is 64.2 Å². The van der Waals surface area contributed by atoms with Crippen LogP contribution in [0, 0.1) is 5.82 Å². The molecule has 2 rings (SSSR count). The second kappa shape index (κ2) is 6.32. The molecule has 0 aliphatic carbocycles. The molecule has 0 saturated carbocycles. The summed E-state index contributed by atoms with van der Waals surface area (Å²) in [6.45, 7) is -0.0219. The molecule has 0 aliphatic rings. The monoisotopic (exact) mass is 308 g/mol. The molecule has 0 atom stereocenters. The Kier molecular flexibility index (Phi) is 4.49. The zero-order valence-electron chi connectivity index (χ0n) is 10.6. The van der Waals surface area contributed by atoms with E-state index in [0.717, 1.165) is 0 Å². The fourth-order valence-electron chi connectivity index (χ4n) is 1.65. The SMILES string of the molecule is O=C(O)c1ccnc(CNC(=O)c2cccc(Cl)c2F)c1. The Morgan fingerprint density at radius 1 is 1.33 bits per heavy atom. The van der Waals surface area contributed by atoms with Crippen LogP contribution in [-0.4, -0.2) is 22.0 Å². The Morgan fingerprint density at radius 3 is 2.81 bits per heavy atom. The fraction of sp³-hybridized carbons (Fsp3) is 0.0714. The van der Waals surface area contributed by atoms with Gasteiger partial charge in [0, 0.05) is 6.20 Å². The molecular weight excluding hydrogens is 299 g/mol. The molecule has 1 aromatic carbocycles. The number of aromatic carboxylic acids is 1. The lowest BCUT2D eigenvalue weighted by Crippen LogP contribution is -2.24. The van der Waals surface area contributed by atoms with Crippen molar-refractivity contribution in [2.24, 2.45) is 0 Å². The molecule has 0 fully saturated rings. The summed E-state index contributed by atoms with van der Waals surface area (Å²) in [6, 6.07) is 6.77. The maximum Gasteiger partial charge on any atom is 0.335 e. The molecule has 0 radical (unpaired) electrons. The zero-order chi connectivity index (χ0) is 15.4. The summed E-state index contributed by atoms with van der Waals surface area (Å²) < 4.78 is 13.7. The molecule has 0 spiro atoms. The number of carboxylic acids is 1. The average Bonchev–Trinajstić information content (AvgIpc) is 2.48. The summed E-state index contributed by atoms with van der Waals surface area (Å²) >= 11 is 5.60. The van der Waals surface area contributed by atoms with Crippen LogP contribution in [0.2, 0.25) is 5.02 Å². The minimum Gasteiger partial charge on any atom is -0.478 e. The first-order valence-electron chi connectivity index (χ1n) is 5.89. The van der Waals surface area contributed by atoms with Crippen LogP contribution in [0.25, 0.3) is 0 Å². The number of rotatable bonds is 4. The van der Waals surface area contributed by atoms with E-state index in [-0.39, 0.29) is 22.7 Å². The van der Waals surface area contributed by atoms with Crippen LogP contribution in [-0.2, 0) is 6.54 Å². The van der Waals surface area contributed by atoms with Crippen molar-refractivity contribution >= 4 is 23.5 Å². The molecule has 7 heteroatoms. The third kappa shape index (κ3) is 3.55. The predicted molar refractivity (Wildman–Crippen MR) is 73.8 cm³/mol. The fourth-order valence-corrected chi connectivity index (χ4v) is 1.83. The number of hydrogen-bond donors (Lipinski definition) is 2. The Hall–Kier alpha value is -2.47. The number of pyridine rings is 1. The lowest BCUT2D eigenvalue weighted by Gasteiger charge is -2.07. The molecule has 0 saturated heterocycles.